The lowest BCUT2D eigenvalue weighted by atomic mass is 10.1. The SMILES string of the molecule is Cc1cc(C2CC2)cnc1N1CCN(C(=O)c2ccc(Br)cc2NS(C)(=O)=O)CC1. The number of carbonyl (C=O) groups is 1. The molecule has 4 rings (SSSR count). The van der Waals surface area contributed by atoms with Gasteiger partial charge in [0.15, 0.2) is 0 Å². The van der Waals surface area contributed by atoms with E-state index in [0.717, 1.165) is 12.1 Å². The molecule has 160 valence electrons. The van der Waals surface area contributed by atoms with E-state index < -0.39 is 10.0 Å². The molecule has 0 bridgehead atoms. The van der Waals surface area contributed by atoms with Gasteiger partial charge in [0, 0.05) is 36.8 Å². The molecule has 0 radical (unpaired) electrons. The highest BCUT2D eigenvalue weighted by atomic mass is 79.9. The molecule has 7 nitrogen and oxygen atoms in total. The molecular formula is C21H25BrN4O3S. The van der Waals surface area contributed by atoms with Gasteiger partial charge in [0.2, 0.25) is 10.0 Å². The summed E-state index contributed by atoms with van der Waals surface area (Å²) in [6.07, 6.45) is 5.58. The van der Waals surface area contributed by atoms with Crippen molar-refractivity contribution in [3.8, 4) is 0 Å². The lowest BCUT2D eigenvalue weighted by Gasteiger charge is -2.36. The van der Waals surface area contributed by atoms with Crippen molar-refractivity contribution >= 4 is 43.4 Å². The number of sulfonamides is 1. The Balaban J connectivity index is 1.46. The molecule has 1 N–H and O–H groups in total. The first-order chi connectivity index (χ1) is 14.2. The minimum absolute atomic E-state index is 0.179. The Bertz CT molecular complexity index is 1080. The van der Waals surface area contributed by atoms with E-state index in [1.54, 1.807) is 23.1 Å². The van der Waals surface area contributed by atoms with Gasteiger partial charge in [-0.1, -0.05) is 22.0 Å². The average Bonchev–Trinajstić information content (AvgIpc) is 3.52. The number of hydrogen-bond acceptors (Lipinski definition) is 5. The highest BCUT2D eigenvalue weighted by molar-refractivity contribution is 9.10. The van der Waals surface area contributed by atoms with Crippen molar-refractivity contribution in [1.29, 1.82) is 0 Å². The Morgan fingerprint density at radius 3 is 2.47 bits per heavy atom. The van der Waals surface area contributed by atoms with E-state index in [2.05, 4.69) is 38.5 Å². The number of carbonyl (C=O) groups excluding carboxylic acids is 1. The normalized spacial score (nSPS) is 17.2. The van der Waals surface area contributed by atoms with E-state index >= 15 is 0 Å². The standard InChI is InChI=1S/C21H25BrN4O3S/c1-14-11-16(15-3-4-15)13-23-20(14)25-7-9-26(10-8-25)21(27)18-6-5-17(22)12-19(18)24-30(2,28)29/h5-6,11-13,15,24H,3-4,7-10H2,1-2H3. The molecule has 1 aliphatic carbocycles. The maximum atomic E-state index is 13.1. The summed E-state index contributed by atoms with van der Waals surface area (Å²) in [5, 5.41) is 0. The van der Waals surface area contributed by atoms with Gasteiger partial charge >= 0.3 is 0 Å². The Hall–Kier alpha value is -2.13. The van der Waals surface area contributed by atoms with Crippen LogP contribution in [0.15, 0.2) is 34.9 Å². The Morgan fingerprint density at radius 2 is 1.87 bits per heavy atom. The molecule has 1 aromatic heterocycles. The number of halogens is 1. The second-order valence-corrected chi connectivity index (χ2v) is 10.7. The zero-order chi connectivity index (χ0) is 21.5. The van der Waals surface area contributed by atoms with Gasteiger partial charge in [-0.2, -0.15) is 0 Å². The van der Waals surface area contributed by atoms with Gasteiger partial charge in [-0.3, -0.25) is 9.52 Å². The number of aromatic nitrogens is 1. The van der Waals surface area contributed by atoms with E-state index in [0.29, 0.717) is 42.1 Å². The Morgan fingerprint density at radius 1 is 1.17 bits per heavy atom. The van der Waals surface area contributed by atoms with Crippen LogP contribution in [0.3, 0.4) is 0 Å². The fourth-order valence-electron chi connectivity index (χ4n) is 3.84. The second-order valence-electron chi connectivity index (χ2n) is 8.03. The van der Waals surface area contributed by atoms with Crippen LogP contribution in [-0.2, 0) is 10.0 Å². The third-order valence-electron chi connectivity index (χ3n) is 5.49. The number of aryl methyl sites for hydroxylation is 1. The summed E-state index contributed by atoms with van der Waals surface area (Å²) in [6, 6.07) is 7.24. The lowest BCUT2D eigenvalue weighted by molar-refractivity contribution is 0.0747. The first-order valence-corrected chi connectivity index (χ1v) is 12.7. The van der Waals surface area contributed by atoms with Crippen LogP contribution in [0, 0.1) is 6.92 Å². The minimum atomic E-state index is -3.49. The monoisotopic (exact) mass is 492 g/mol. The lowest BCUT2D eigenvalue weighted by Crippen LogP contribution is -2.49. The van der Waals surface area contributed by atoms with E-state index in [4.69, 9.17) is 4.98 Å². The van der Waals surface area contributed by atoms with Gasteiger partial charge in [0.1, 0.15) is 5.82 Å². The summed E-state index contributed by atoms with van der Waals surface area (Å²) < 4.78 is 26.5. The molecule has 1 saturated carbocycles. The largest absolute Gasteiger partial charge is 0.353 e. The average molecular weight is 493 g/mol. The van der Waals surface area contributed by atoms with Crippen molar-refractivity contribution in [3.05, 3.63) is 51.6 Å². The quantitative estimate of drug-likeness (QED) is 0.691. The zero-order valence-electron chi connectivity index (χ0n) is 17.1. The smallest absolute Gasteiger partial charge is 0.256 e. The van der Waals surface area contributed by atoms with Gasteiger partial charge in [0.05, 0.1) is 17.5 Å². The number of amides is 1. The maximum Gasteiger partial charge on any atom is 0.256 e. The van der Waals surface area contributed by atoms with Crippen LogP contribution in [0.2, 0.25) is 0 Å². The van der Waals surface area contributed by atoms with Gasteiger partial charge in [-0.25, -0.2) is 13.4 Å². The van der Waals surface area contributed by atoms with E-state index in [1.165, 1.54) is 24.0 Å². The fourth-order valence-corrected chi connectivity index (χ4v) is 4.77. The van der Waals surface area contributed by atoms with Crippen LogP contribution in [0.4, 0.5) is 11.5 Å². The Kier molecular flexibility index (Phi) is 5.76. The molecule has 2 heterocycles. The van der Waals surface area contributed by atoms with Crippen LogP contribution in [0.25, 0.3) is 0 Å². The van der Waals surface area contributed by atoms with Crippen LogP contribution in [0.1, 0.15) is 40.2 Å². The molecule has 1 aliphatic heterocycles. The van der Waals surface area contributed by atoms with Crippen molar-refractivity contribution in [3.63, 3.8) is 0 Å². The molecule has 0 unspecified atom stereocenters. The molecule has 2 fully saturated rings. The zero-order valence-corrected chi connectivity index (χ0v) is 19.5. The van der Waals surface area contributed by atoms with Crippen molar-refractivity contribution in [2.45, 2.75) is 25.7 Å². The van der Waals surface area contributed by atoms with Crippen LogP contribution >= 0.6 is 15.9 Å². The molecule has 9 heteroatoms. The molecule has 2 aromatic rings. The van der Waals surface area contributed by atoms with Crippen LogP contribution in [0.5, 0.6) is 0 Å². The summed E-state index contributed by atoms with van der Waals surface area (Å²) in [7, 11) is -3.49. The number of rotatable bonds is 5. The highest BCUT2D eigenvalue weighted by Gasteiger charge is 2.27. The molecule has 0 atom stereocenters. The highest BCUT2D eigenvalue weighted by Crippen LogP contribution is 2.40. The molecule has 1 amide bonds. The van der Waals surface area contributed by atoms with Gasteiger partial charge in [0.25, 0.3) is 5.91 Å². The minimum Gasteiger partial charge on any atom is -0.353 e. The second kappa shape index (κ2) is 8.19. The summed E-state index contributed by atoms with van der Waals surface area (Å²) in [4.78, 5) is 21.8. The first-order valence-electron chi connectivity index (χ1n) is 9.99. The van der Waals surface area contributed by atoms with Crippen molar-refractivity contribution in [1.82, 2.24) is 9.88 Å². The number of nitrogens with zero attached hydrogens (tertiary/aromatic N) is 3. The third-order valence-corrected chi connectivity index (χ3v) is 6.58. The number of benzene rings is 1. The van der Waals surface area contributed by atoms with Gasteiger partial charge in [-0.05, 0) is 55.0 Å². The first kappa shape index (κ1) is 21.1. The number of hydrogen-bond donors (Lipinski definition) is 1. The molecule has 0 spiro atoms. The topological polar surface area (TPSA) is 82.6 Å². The summed E-state index contributed by atoms with van der Waals surface area (Å²) in [5.74, 6) is 1.48. The summed E-state index contributed by atoms with van der Waals surface area (Å²) in [6.45, 7) is 4.58. The molecular weight excluding hydrogens is 468 g/mol. The van der Waals surface area contributed by atoms with Crippen LogP contribution < -0.4 is 9.62 Å². The van der Waals surface area contributed by atoms with E-state index in [1.807, 2.05) is 6.20 Å². The maximum absolute atomic E-state index is 13.1. The van der Waals surface area contributed by atoms with E-state index in [-0.39, 0.29) is 11.6 Å². The van der Waals surface area contributed by atoms with Crippen molar-refractivity contribution < 1.29 is 13.2 Å². The molecule has 30 heavy (non-hydrogen) atoms. The van der Waals surface area contributed by atoms with Crippen molar-refractivity contribution in [2.24, 2.45) is 0 Å². The number of piperazine rings is 1. The van der Waals surface area contributed by atoms with Gasteiger partial charge < -0.3 is 9.80 Å². The molecule has 2 aliphatic rings. The Labute approximate surface area is 185 Å². The van der Waals surface area contributed by atoms with Gasteiger partial charge in [-0.15, -0.1) is 0 Å². The summed E-state index contributed by atoms with van der Waals surface area (Å²) >= 11 is 3.33. The van der Waals surface area contributed by atoms with E-state index in [9.17, 15) is 13.2 Å². The molecule has 1 aromatic carbocycles. The predicted octanol–water partition coefficient (Wildman–Crippen LogP) is 3.36. The van der Waals surface area contributed by atoms with Crippen LogP contribution in [-0.4, -0.2) is 56.6 Å². The third kappa shape index (κ3) is 4.78. The summed E-state index contributed by atoms with van der Waals surface area (Å²) in [5.41, 5.74) is 3.13. The fraction of sp³-hybridized carbons (Fsp3) is 0.429. The predicted molar refractivity (Wildman–Crippen MR) is 122 cm³/mol. The number of nitrogens with one attached hydrogen (secondary N) is 1. The number of pyridine rings is 1. The number of anilines is 2. The molecule has 1 saturated heterocycles. The van der Waals surface area contributed by atoms with Crippen molar-refractivity contribution in [2.75, 3.05) is 42.1 Å².